The van der Waals surface area contributed by atoms with E-state index >= 15 is 0 Å². The minimum atomic E-state index is -0.511. The van der Waals surface area contributed by atoms with Gasteiger partial charge < -0.3 is 20.1 Å². The van der Waals surface area contributed by atoms with Gasteiger partial charge in [-0.1, -0.05) is 0 Å². The first-order valence-electron chi connectivity index (χ1n) is 7.85. The van der Waals surface area contributed by atoms with E-state index in [9.17, 15) is 9.59 Å². The van der Waals surface area contributed by atoms with Crippen LogP contribution < -0.4 is 15.4 Å². The summed E-state index contributed by atoms with van der Waals surface area (Å²) in [5.74, 6) is -0.299. The van der Waals surface area contributed by atoms with Crippen LogP contribution in [0.2, 0.25) is 0 Å². The molecule has 0 bridgehead atoms. The van der Waals surface area contributed by atoms with Crippen molar-refractivity contribution >= 4 is 34.9 Å². The van der Waals surface area contributed by atoms with Crippen molar-refractivity contribution in [2.45, 2.75) is 39.2 Å². The lowest BCUT2D eigenvalue weighted by atomic mass is 9.95. The van der Waals surface area contributed by atoms with Gasteiger partial charge in [0.1, 0.15) is 11.4 Å². The van der Waals surface area contributed by atoms with Gasteiger partial charge >= 0.3 is 5.97 Å². The maximum absolute atomic E-state index is 12.0. The van der Waals surface area contributed by atoms with E-state index in [0.29, 0.717) is 13.0 Å². The van der Waals surface area contributed by atoms with Gasteiger partial charge in [0.2, 0.25) is 5.91 Å². The molecule has 0 spiro atoms. The van der Waals surface area contributed by atoms with E-state index in [-0.39, 0.29) is 23.4 Å². The molecule has 2 N–H and O–H groups in total. The summed E-state index contributed by atoms with van der Waals surface area (Å²) in [6, 6.07) is 7.24. The molecule has 1 fully saturated rings. The molecule has 0 radical (unpaired) electrons. The number of amides is 1. The Balaban J connectivity index is 1.81. The fourth-order valence-corrected chi connectivity index (χ4v) is 2.83. The first-order chi connectivity index (χ1) is 11.3. The van der Waals surface area contributed by atoms with Gasteiger partial charge in [0, 0.05) is 18.5 Å². The molecule has 6 nitrogen and oxygen atoms in total. The molecule has 7 heteroatoms. The highest BCUT2D eigenvalue weighted by Gasteiger charge is 2.40. The molecule has 0 unspecified atom stereocenters. The molecule has 0 aliphatic carbocycles. The summed E-state index contributed by atoms with van der Waals surface area (Å²) in [5, 5.41) is 5.70. The molecular weight excluding hydrogens is 328 g/mol. The number of anilines is 1. The number of carbonyl (C=O) groups excluding carboxylic acids is 2. The third kappa shape index (κ3) is 5.19. The molecule has 1 aliphatic rings. The molecule has 1 aromatic carbocycles. The van der Waals surface area contributed by atoms with Crippen molar-refractivity contribution < 1.29 is 19.1 Å². The van der Waals surface area contributed by atoms with Crippen LogP contribution in [-0.4, -0.2) is 29.2 Å². The van der Waals surface area contributed by atoms with Gasteiger partial charge in [-0.3, -0.25) is 9.59 Å². The van der Waals surface area contributed by atoms with Crippen molar-refractivity contribution in [2.24, 2.45) is 5.92 Å². The average Bonchev–Trinajstić information content (AvgIpc) is 2.73. The zero-order valence-electron chi connectivity index (χ0n) is 14.0. The molecule has 24 heavy (non-hydrogen) atoms. The van der Waals surface area contributed by atoms with Crippen molar-refractivity contribution in [3.05, 3.63) is 24.3 Å². The third-order valence-corrected chi connectivity index (χ3v) is 3.76. The van der Waals surface area contributed by atoms with Crippen LogP contribution in [-0.2, 0) is 14.3 Å². The topological polar surface area (TPSA) is 76.7 Å². The van der Waals surface area contributed by atoms with Crippen molar-refractivity contribution in [3.63, 3.8) is 0 Å². The Bertz CT molecular complexity index is 628. The van der Waals surface area contributed by atoms with Gasteiger partial charge in [-0.05, 0) is 57.3 Å². The van der Waals surface area contributed by atoms with E-state index in [4.69, 9.17) is 21.7 Å². The summed E-state index contributed by atoms with van der Waals surface area (Å²) in [4.78, 5) is 23.8. The van der Waals surface area contributed by atoms with Gasteiger partial charge in [0.25, 0.3) is 0 Å². The molecule has 0 aromatic heterocycles. The minimum absolute atomic E-state index is 0.0629. The number of hydrogen-bond donors (Lipinski definition) is 2. The largest absolute Gasteiger partial charge is 0.494 e. The van der Waals surface area contributed by atoms with Crippen molar-refractivity contribution in [1.82, 2.24) is 5.32 Å². The molecule has 1 aliphatic heterocycles. The van der Waals surface area contributed by atoms with Crippen LogP contribution in [0.4, 0.5) is 5.69 Å². The van der Waals surface area contributed by atoms with Crippen molar-refractivity contribution in [2.75, 3.05) is 11.9 Å². The van der Waals surface area contributed by atoms with Crippen LogP contribution in [0.5, 0.6) is 5.75 Å². The van der Waals surface area contributed by atoms with Crippen LogP contribution in [0, 0.1) is 5.92 Å². The van der Waals surface area contributed by atoms with Gasteiger partial charge in [0.15, 0.2) is 5.11 Å². The summed E-state index contributed by atoms with van der Waals surface area (Å²) in [6.07, 6.45) is 0.589. The zero-order chi connectivity index (χ0) is 17.7. The lowest BCUT2D eigenvalue weighted by Crippen LogP contribution is -2.35. The number of nitrogens with one attached hydrogen (secondary N) is 2. The van der Waals surface area contributed by atoms with Crippen LogP contribution >= 0.6 is 12.2 Å². The normalized spacial score (nSPS) is 18.6. The maximum Gasteiger partial charge on any atom is 0.310 e. The maximum atomic E-state index is 12.0. The number of hydrogen-bond acceptors (Lipinski definition) is 5. The average molecular weight is 350 g/mol. The Morgan fingerprint density at radius 3 is 2.58 bits per heavy atom. The SMILES string of the molecule is CCOc1ccc(NC(=S)NC(=O)C[C@@H]2CC(C)(C)OC2=O)cc1. The van der Waals surface area contributed by atoms with Gasteiger partial charge in [0.05, 0.1) is 12.5 Å². The number of cyclic esters (lactones) is 1. The predicted molar refractivity (Wildman–Crippen MR) is 94.9 cm³/mol. The summed E-state index contributed by atoms with van der Waals surface area (Å²) < 4.78 is 10.6. The summed E-state index contributed by atoms with van der Waals surface area (Å²) >= 11 is 5.12. The lowest BCUT2D eigenvalue weighted by molar-refractivity contribution is -0.149. The minimum Gasteiger partial charge on any atom is -0.494 e. The van der Waals surface area contributed by atoms with E-state index in [1.165, 1.54) is 0 Å². The quantitative estimate of drug-likeness (QED) is 0.628. The Morgan fingerprint density at radius 2 is 2.04 bits per heavy atom. The summed E-state index contributed by atoms with van der Waals surface area (Å²) in [5.41, 5.74) is 0.230. The Labute approximate surface area is 146 Å². The van der Waals surface area contributed by atoms with E-state index < -0.39 is 11.5 Å². The number of carbonyl (C=O) groups is 2. The third-order valence-electron chi connectivity index (χ3n) is 3.56. The molecule has 1 aromatic rings. The highest BCUT2D eigenvalue weighted by atomic mass is 32.1. The lowest BCUT2D eigenvalue weighted by Gasteiger charge is -2.14. The predicted octanol–water partition coefficient (Wildman–Crippen LogP) is 2.63. The second-order valence-corrected chi connectivity index (χ2v) is 6.65. The van der Waals surface area contributed by atoms with E-state index in [2.05, 4.69) is 10.6 Å². The molecule has 0 saturated carbocycles. The second-order valence-electron chi connectivity index (χ2n) is 6.25. The molecule has 2 rings (SSSR count). The first-order valence-corrected chi connectivity index (χ1v) is 8.26. The highest BCUT2D eigenvalue weighted by molar-refractivity contribution is 7.80. The van der Waals surface area contributed by atoms with Crippen LogP contribution in [0.3, 0.4) is 0 Å². The van der Waals surface area contributed by atoms with Crippen LogP contribution in [0.1, 0.15) is 33.6 Å². The van der Waals surface area contributed by atoms with Crippen molar-refractivity contribution in [3.8, 4) is 5.75 Å². The second kappa shape index (κ2) is 7.61. The number of benzene rings is 1. The summed E-state index contributed by atoms with van der Waals surface area (Å²) in [6.45, 7) is 6.18. The molecule has 1 atom stereocenters. The Morgan fingerprint density at radius 1 is 1.38 bits per heavy atom. The van der Waals surface area contributed by atoms with Gasteiger partial charge in [-0.15, -0.1) is 0 Å². The monoisotopic (exact) mass is 350 g/mol. The molecule has 1 amide bonds. The molecule has 130 valence electrons. The molecule has 1 saturated heterocycles. The van der Waals surface area contributed by atoms with Crippen LogP contribution in [0.15, 0.2) is 24.3 Å². The van der Waals surface area contributed by atoms with E-state index in [1.54, 1.807) is 12.1 Å². The number of rotatable bonds is 5. The Hall–Kier alpha value is -2.15. The van der Waals surface area contributed by atoms with Gasteiger partial charge in [-0.2, -0.15) is 0 Å². The molecule has 1 heterocycles. The zero-order valence-corrected chi connectivity index (χ0v) is 14.9. The standard InChI is InChI=1S/C17H22N2O4S/c1-4-22-13-7-5-12(6-8-13)18-16(24)19-14(20)9-11-10-17(2,3)23-15(11)21/h5-8,11H,4,9-10H2,1-3H3,(H2,18,19,20,24)/t11-/m1/s1. The van der Waals surface area contributed by atoms with E-state index in [0.717, 1.165) is 11.4 Å². The van der Waals surface area contributed by atoms with Gasteiger partial charge in [-0.25, -0.2) is 0 Å². The number of ether oxygens (including phenoxy) is 2. The first kappa shape index (κ1) is 18.2. The summed E-state index contributed by atoms with van der Waals surface area (Å²) in [7, 11) is 0. The molecular formula is C17H22N2O4S. The fourth-order valence-electron chi connectivity index (χ4n) is 2.59. The fraction of sp³-hybridized carbons (Fsp3) is 0.471. The van der Waals surface area contributed by atoms with E-state index in [1.807, 2.05) is 32.9 Å². The smallest absolute Gasteiger partial charge is 0.310 e. The number of esters is 1. The Kier molecular flexibility index (Phi) is 5.77. The van der Waals surface area contributed by atoms with Crippen molar-refractivity contribution in [1.29, 1.82) is 0 Å². The van der Waals surface area contributed by atoms with Crippen LogP contribution in [0.25, 0.3) is 0 Å². The number of thiocarbonyl (C=S) groups is 1. The highest BCUT2D eigenvalue weighted by Crippen LogP contribution is 2.32.